The van der Waals surface area contributed by atoms with Gasteiger partial charge in [0.2, 0.25) is 0 Å². The Balaban J connectivity index is 2.52. The minimum Gasteiger partial charge on any atom is -0.399 e. The standard InChI is InChI=1S/C8H9NS/c9-8-2-1-6-4-10-5-7(6)3-8/h1-3H,4-5,9H2. The van der Waals surface area contributed by atoms with Gasteiger partial charge in [0, 0.05) is 17.2 Å². The molecule has 2 N–H and O–H groups in total. The number of hydrogen-bond acceptors (Lipinski definition) is 2. The molecule has 0 aliphatic carbocycles. The molecule has 0 amide bonds. The van der Waals surface area contributed by atoms with Gasteiger partial charge in [0.25, 0.3) is 0 Å². The maximum Gasteiger partial charge on any atom is 0.0317 e. The Labute approximate surface area is 64.6 Å². The number of thioether (sulfide) groups is 1. The van der Waals surface area contributed by atoms with Crippen LogP contribution in [0.1, 0.15) is 11.1 Å². The van der Waals surface area contributed by atoms with Gasteiger partial charge in [-0.15, -0.1) is 0 Å². The Morgan fingerprint density at radius 2 is 2.00 bits per heavy atom. The van der Waals surface area contributed by atoms with Crippen molar-refractivity contribution < 1.29 is 0 Å². The van der Waals surface area contributed by atoms with Crippen LogP contribution in [-0.4, -0.2) is 0 Å². The molecule has 1 aliphatic heterocycles. The van der Waals surface area contributed by atoms with Crippen LogP contribution in [0.3, 0.4) is 0 Å². The molecule has 0 unspecified atom stereocenters. The quantitative estimate of drug-likeness (QED) is 0.574. The Hall–Kier alpha value is -0.630. The Bertz CT molecular complexity index is 257. The van der Waals surface area contributed by atoms with E-state index in [0.717, 1.165) is 17.2 Å². The lowest BCUT2D eigenvalue weighted by molar-refractivity contribution is 1.35. The SMILES string of the molecule is Nc1ccc2c(c1)CSC2. The van der Waals surface area contributed by atoms with Crippen molar-refractivity contribution in [3.8, 4) is 0 Å². The lowest BCUT2D eigenvalue weighted by atomic mass is 10.1. The molecule has 1 aromatic carbocycles. The molecular weight excluding hydrogens is 142 g/mol. The molecule has 1 aliphatic rings. The number of anilines is 1. The summed E-state index contributed by atoms with van der Waals surface area (Å²) in [4.78, 5) is 0. The highest BCUT2D eigenvalue weighted by atomic mass is 32.2. The third-order valence-corrected chi connectivity index (χ3v) is 2.78. The van der Waals surface area contributed by atoms with Gasteiger partial charge in [-0.25, -0.2) is 0 Å². The van der Waals surface area contributed by atoms with Crippen molar-refractivity contribution in [1.29, 1.82) is 0 Å². The van der Waals surface area contributed by atoms with Crippen LogP contribution in [0.2, 0.25) is 0 Å². The molecule has 2 heteroatoms. The largest absolute Gasteiger partial charge is 0.399 e. The number of rotatable bonds is 0. The average molecular weight is 151 g/mol. The number of fused-ring (bicyclic) bond motifs is 1. The molecule has 52 valence electrons. The van der Waals surface area contributed by atoms with E-state index >= 15 is 0 Å². The van der Waals surface area contributed by atoms with Gasteiger partial charge in [0.1, 0.15) is 0 Å². The summed E-state index contributed by atoms with van der Waals surface area (Å²) in [6.45, 7) is 0. The maximum atomic E-state index is 5.62. The van der Waals surface area contributed by atoms with E-state index in [1.54, 1.807) is 0 Å². The molecule has 0 spiro atoms. The predicted molar refractivity (Wildman–Crippen MR) is 45.9 cm³/mol. The molecule has 0 aromatic heterocycles. The number of benzene rings is 1. The molecule has 1 nitrogen and oxygen atoms in total. The van der Waals surface area contributed by atoms with Gasteiger partial charge in [-0.3, -0.25) is 0 Å². The summed E-state index contributed by atoms with van der Waals surface area (Å²) in [6, 6.07) is 6.19. The van der Waals surface area contributed by atoms with E-state index in [9.17, 15) is 0 Å². The monoisotopic (exact) mass is 151 g/mol. The Morgan fingerprint density at radius 3 is 2.90 bits per heavy atom. The number of nitrogens with two attached hydrogens (primary N) is 1. The number of hydrogen-bond donors (Lipinski definition) is 1. The zero-order chi connectivity index (χ0) is 6.97. The van der Waals surface area contributed by atoms with Crippen molar-refractivity contribution in [3.63, 3.8) is 0 Å². The van der Waals surface area contributed by atoms with Crippen molar-refractivity contribution in [1.82, 2.24) is 0 Å². The summed E-state index contributed by atoms with van der Waals surface area (Å²) in [5.74, 6) is 2.30. The third-order valence-electron chi connectivity index (χ3n) is 1.75. The number of nitrogen functional groups attached to an aromatic ring is 1. The maximum absolute atomic E-state index is 5.62. The second-order valence-electron chi connectivity index (χ2n) is 2.52. The molecule has 0 radical (unpaired) electrons. The van der Waals surface area contributed by atoms with Crippen LogP contribution in [0.15, 0.2) is 18.2 Å². The van der Waals surface area contributed by atoms with Gasteiger partial charge in [0.15, 0.2) is 0 Å². The van der Waals surface area contributed by atoms with E-state index in [0.29, 0.717) is 0 Å². The van der Waals surface area contributed by atoms with E-state index in [1.165, 1.54) is 11.1 Å². The zero-order valence-electron chi connectivity index (χ0n) is 5.63. The summed E-state index contributed by atoms with van der Waals surface area (Å²) >= 11 is 1.96. The molecule has 1 heterocycles. The van der Waals surface area contributed by atoms with E-state index in [2.05, 4.69) is 12.1 Å². The van der Waals surface area contributed by atoms with Crippen molar-refractivity contribution in [2.75, 3.05) is 5.73 Å². The molecule has 0 fully saturated rings. The zero-order valence-corrected chi connectivity index (χ0v) is 6.45. The Morgan fingerprint density at radius 1 is 1.20 bits per heavy atom. The fraction of sp³-hybridized carbons (Fsp3) is 0.250. The first kappa shape index (κ1) is 6.10. The van der Waals surface area contributed by atoms with E-state index in [-0.39, 0.29) is 0 Å². The molecule has 1 aromatic rings. The van der Waals surface area contributed by atoms with E-state index < -0.39 is 0 Å². The van der Waals surface area contributed by atoms with Crippen LogP contribution in [0.5, 0.6) is 0 Å². The van der Waals surface area contributed by atoms with E-state index in [1.807, 2.05) is 17.8 Å². The molecule has 0 bridgehead atoms. The highest BCUT2D eigenvalue weighted by Gasteiger charge is 2.09. The van der Waals surface area contributed by atoms with Crippen LogP contribution in [0.25, 0.3) is 0 Å². The molecule has 2 rings (SSSR count). The van der Waals surface area contributed by atoms with Crippen LogP contribution in [0.4, 0.5) is 5.69 Å². The molecule has 0 saturated carbocycles. The van der Waals surface area contributed by atoms with Crippen molar-refractivity contribution in [2.45, 2.75) is 11.5 Å². The average Bonchev–Trinajstić information content (AvgIpc) is 2.33. The van der Waals surface area contributed by atoms with Crippen molar-refractivity contribution >= 4 is 17.4 Å². The minimum atomic E-state index is 0.890. The third kappa shape index (κ3) is 0.886. The van der Waals surface area contributed by atoms with Crippen LogP contribution in [0, 0.1) is 0 Å². The van der Waals surface area contributed by atoms with Gasteiger partial charge < -0.3 is 5.73 Å². The van der Waals surface area contributed by atoms with Gasteiger partial charge in [-0.1, -0.05) is 6.07 Å². The lowest BCUT2D eigenvalue weighted by Gasteiger charge is -1.97. The lowest BCUT2D eigenvalue weighted by Crippen LogP contribution is -1.87. The molecule has 0 atom stereocenters. The van der Waals surface area contributed by atoms with Gasteiger partial charge in [-0.05, 0) is 23.3 Å². The topological polar surface area (TPSA) is 26.0 Å². The second-order valence-corrected chi connectivity index (χ2v) is 3.51. The first-order valence-corrected chi connectivity index (χ1v) is 4.47. The van der Waals surface area contributed by atoms with Gasteiger partial charge >= 0.3 is 0 Å². The van der Waals surface area contributed by atoms with Crippen molar-refractivity contribution in [2.24, 2.45) is 0 Å². The fourth-order valence-corrected chi connectivity index (χ4v) is 2.28. The van der Waals surface area contributed by atoms with Crippen LogP contribution >= 0.6 is 11.8 Å². The summed E-state index contributed by atoms with van der Waals surface area (Å²) in [7, 11) is 0. The smallest absolute Gasteiger partial charge is 0.0317 e. The summed E-state index contributed by atoms with van der Waals surface area (Å²) < 4.78 is 0. The fourth-order valence-electron chi connectivity index (χ4n) is 1.19. The first-order chi connectivity index (χ1) is 4.86. The highest BCUT2D eigenvalue weighted by molar-refractivity contribution is 7.98. The Kier molecular flexibility index (Phi) is 1.34. The summed E-state index contributed by atoms with van der Waals surface area (Å²) in [5.41, 5.74) is 9.39. The van der Waals surface area contributed by atoms with Crippen LogP contribution < -0.4 is 5.73 Å². The highest BCUT2D eigenvalue weighted by Crippen LogP contribution is 2.30. The molecule has 0 saturated heterocycles. The molecule has 10 heavy (non-hydrogen) atoms. The van der Waals surface area contributed by atoms with Gasteiger partial charge in [-0.2, -0.15) is 11.8 Å². The van der Waals surface area contributed by atoms with Gasteiger partial charge in [0.05, 0.1) is 0 Å². The normalized spacial score (nSPS) is 15.2. The molecular formula is C8H9NS. The van der Waals surface area contributed by atoms with Crippen LogP contribution in [-0.2, 0) is 11.5 Å². The minimum absolute atomic E-state index is 0.890. The first-order valence-electron chi connectivity index (χ1n) is 3.31. The summed E-state index contributed by atoms with van der Waals surface area (Å²) in [5, 5.41) is 0. The second kappa shape index (κ2) is 2.20. The summed E-state index contributed by atoms with van der Waals surface area (Å²) in [6.07, 6.45) is 0. The van der Waals surface area contributed by atoms with Crippen molar-refractivity contribution in [3.05, 3.63) is 29.3 Å². The predicted octanol–water partition coefficient (Wildman–Crippen LogP) is 2.02. The van der Waals surface area contributed by atoms with E-state index in [4.69, 9.17) is 5.73 Å².